The summed E-state index contributed by atoms with van der Waals surface area (Å²) in [5.41, 5.74) is 1.09. The normalized spacial score (nSPS) is 11.9. The molecule has 0 amide bonds. The Balaban J connectivity index is 3.29. The second-order valence-electron chi connectivity index (χ2n) is 4.90. The molecule has 0 radical (unpaired) electrons. The smallest absolute Gasteiger partial charge is 0.243 e. The number of aliphatic hydroxyl groups is 1. The van der Waals surface area contributed by atoms with Crippen LogP contribution in [0.15, 0.2) is 23.1 Å². The number of hydrogen-bond donors (Lipinski definition) is 1. The van der Waals surface area contributed by atoms with Crippen LogP contribution in [-0.2, 0) is 10.0 Å². The summed E-state index contributed by atoms with van der Waals surface area (Å²) in [5, 5.41) is 18.1. The molecule has 0 heterocycles. The third kappa shape index (κ3) is 3.82. The highest BCUT2D eigenvalue weighted by Crippen LogP contribution is 2.23. The average molecular weight is 310 g/mol. The van der Waals surface area contributed by atoms with Crippen molar-refractivity contribution in [3.8, 4) is 6.07 Å². The van der Waals surface area contributed by atoms with Gasteiger partial charge in [-0.05, 0) is 43.5 Å². The van der Waals surface area contributed by atoms with Crippen LogP contribution >= 0.6 is 0 Å². The average Bonchev–Trinajstić information content (AvgIpc) is 2.47. The van der Waals surface area contributed by atoms with Crippen molar-refractivity contribution in [2.24, 2.45) is 0 Å². The Morgan fingerprint density at radius 2 is 1.95 bits per heavy atom. The van der Waals surface area contributed by atoms with Gasteiger partial charge in [-0.25, -0.2) is 8.42 Å². The lowest BCUT2D eigenvalue weighted by Crippen LogP contribution is -2.41. The van der Waals surface area contributed by atoms with Crippen molar-refractivity contribution in [2.75, 3.05) is 13.2 Å². The molecule has 0 bridgehead atoms. The quantitative estimate of drug-likeness (QED) is 0.835. The molecular formula is C15H22N2O3S. The molecule has 0 fully saturated rings. The monoisotopic (exact) mass is 310 g/mol. The van der Waals surface area contributed by atoms with Gasteiger partial charge in [0.2, 0.25) is 10.0 Å². The van der Waals surface area contributed by atoms with Crippen LogP contribution in [0, 0.1) is 18.3 Å². The van der Waals surface area contributed by atoms with Crippen LogP contribution in [0.4, 0.5) is 0 Å². The van der Waals surface area contributed by atoms with Gasteiger partial charge >= 0.3 is 0 Å². The van der Waals surface area contributed by atoms with E-state index in [1.54, 1.807) is 6.92 Å². The molecule has 1 rings (SSSR count). The molecule has 0 aliphatic heterocycles. The SMILES string of the molecule is CCC(CC)N(CCO)S(=O)(=O)c1ccc(C#N)c(C)c1. The molecule has 6 heteroatoms. The van der Waals surface area contributed by atoms with E-state index in [4.69, 9.17) is 5.26 Å². The van der Waals surface area contributed by atoms with Crippen molar-refractivity contribution < 1.29 is 13.5 Å². The van der Waals surface area contributed by atoms with Crippen LogP contribution in [0.2, 0.25) is 0 Å². The number of nitriles is 1. The summed E-state index contributed by atoms with van der Waals surface area (Å²) in [6.45, 7) is 5.43. The van der Waals surface area contributed by atoms with Crippen molar-refractivity contribution >= 4 is 10.0 Å². The van der Waals surface area contributed by atoms with Crippen LogP contribution < -0.4 is 0 Å². The molecule has 0 spiro atoms. The van der Waals surface area contributed by atoms with Gasteiger partial charge in [0.1, 0.15) is 0 Å². The lowest BCUT2D eigenvalue weighted by Gasteiger charge is -2.29. The summed E-state index contributed by atoms with van der Waals surface area (Å²) < 4.78 is 26.9. The second kappa shape index (κ2) is 7.55. The Hall–Kier alpha value is -1.42. The van der Waals surface area contributed by atoms with E-state index in [2.05, 4.69) is 0 Å². The summed E-state index contributed by atoms with van der Waals surface area (Å²) in [4.78, 5) is 0.166. The van der Waals surface area contributed by atoms with Gasteiger partial charge < -0.3 is 5.11 Å². The van der Waals surface area contributed by atoms with E-state index in [1.807, 2.05) is 19.9 Å². The number of benzene rings is 1. The van der Waals surface area contributed by atoms with E-state index < -0.39 is 10.0 Å². The largest absolute Gasteiger partial charge is 0.395 e. The number of nitrogens with zero attached hydrogens (tertiary/aromatic N) is 2. The van der Waals surface area contributed by atoms with Gasteiger partial charge in [-0.3, -0.25) is 0 Å². The van der Waals surface area contributed by atoms with Crippen LogP contribution in [0.1, 0.15) is 37.8 Å². The fraction of sp³-hybridized carbons (Fsp3) is 0.533. The van der Waals surface area contributed by atoms with E-state index in [1.165, 1.54) is 22.5 Å². The molecule has 0 unspecified atom stereocenters. The first-order valence-corrected chi connectivity index (χ1v) is 8.49. The van der Waals surface area contributed by atoms with Crippen molar-refractivity contribution in [3.63, 3.8) is 0 Å². The van der Waals surface area contributed by atoms with E-state index in [9.17, 15) is 13.5 Å². The molecule has 0 aliphatic rings. The summed E-state index contributed by atoms with van der Waals surface area (Å²) in [7, 11) is -3.67. The molecule has 1 N–H and O–H groups in total. The first-order valence-electron chi connectivity index (χ1n) is 7.05. The molecule has 0 aromatic heterocycles. The third-order valence-corrected chi connectivity index (χ3v) is 5.54. The van der Waals surface area contributed by atoms with Gasteiger partial charge in [-0.15, -0.1) is 0 Å². The Labute approximate surface area is 126 Å². The highest BCUT2D eigenvalue weighted by Gasteiger charge is 2.29. The lowest BCUT2D eigenvalue weighted by atomic mass is 10.1. The van der Waals surface area contributed by atoms with Gasteiger partial charge in [0, 0.05) is 12.6 Å². The van der Waals surface area contributed by atoms with Crippen LogP contribution in [0.25, 0.3) is 0 Å². The molecule has 1 aromatic carbocycles. The van der Waals surface area contributed by atoms with Crippen molar-refractivity contribution in [2.45, 2.75) is 44.6 Å². The molecule has 116 valence electrons. The first-order chi connectivity index (χ1) is 9.92. The van der Waals surface area contributed by atoms with Crippen molar-refractivity contribution in [1.82, 2.24) is 4.31 Å². The molecule has 0 saturated heterocycles. The topological polar surface area (TPSA) is 81.4 Å². The van der Waals surface area contributed by atoms with Crippen LogP contribution in [-0.4, -0.2) is 37.0 Å². The summed E-state index contributed by atoms with van der Waals surface area (Å²) in [6.07, 6.45) is 1.37. The highest BCUT2D eigenvalue weighted by molar-refractivity contribution is 7.89. The van der Waals surface area contributed by atoms with E-state index in [0.29, 0.717) is 24.0 Å². The Morgan fingerprint density at radius 3 is 2.38 bits per heavy atom. The Morgan fingerprint density at radius 1 is 1.33 bits per heavy atom. The van der Waals surface area contributed by atoms with E-state index in [-0.39, 0.29) is 24.1 Å². The highest BCUT2D eigenvalue weighted by atomic mass is 32.2. The molecule has 5 nitrogen and oxygen atoms in total. The minimum Gasteiger partial charge on any atom is -0.395 e. The maximum absolute atomic E-state index is 12.8. The third-order valence-electron chi connectivity index (χ3n) is 3.60. The molecule has 0 aliphatic carbocycles. The van der Waals surface area contributed by atoms with Gasteiger partial charge in [0.05, 0.1) is 23.1 Å². The first kappa shape index (κ1) is 17.6. The maximum Gasteiger partial charge on any atom is 0.243 e. The minimum atomic E-state index is -3.67. The maximum atomic E-state index is 12.8. The molecule has 21 heavy (non-hydrogen) atoms. The number of rotatable bonds is 7. The predicted octanol–water partition coefficient (Wildman–Crippen LogP) is 2.04. The van der Waals surface area contributed by atoms with Crippen LogP contribution in [0.5, 0.6) is 0 Å². The zero-order valence-electron chi connectivity index (χ0n) is 12.7. The summed E-state index contributed by atoms with van der Waals surface area (Å²) in [5.74, 6) is 0. The fourth-order valence-corrected chi connectivity index (χ4v) is 4.20. The fourth-order valence-electron chi connectivity index (χ4n) is 2.35. The number of aliphatic hydroxyl groups excluding tert-OH is 1. The lowest BCUT2D eigenvalue weighted by molar-refractivity contribution is 0.219. The van der Waals surface area contributed by atoms with Gasteiger partial charge in [-0.2, -0.15) is 9.57 Å². The van der Waals surface area contributed by atoms with Crippen molar-refractivity contribution in [1.29, 1.82) is 5.26 Å². The second-order valence-corrected chi connectivity index (χ2v) is 6.79. The van der Waals surface area contributed by atoms with E-state index in [0.717, 1.165) is 0 Å². The molecule has 0 saturated carbocycles. The standard InChI is InChI=1S/C15H22N2O3S/c1-4-14(5-2)17(8-9-18)21(19,20)15-7-6-13(11-16)12(3)10-15/h6-7,10,14,18H,4-5,8-9H2,1-3H3. The van der Waals surface area contributed by atoms with Gasteiger partial charge in [-0.1, -0.05) is 13.8 Å². The predicted molar refractivity (Wildman–Crippen MR) is 81.2 cm³/mol. The number of hydrogen-bond acceptors (Lipinski definition) is 4. The number of aryl methyl sites for hydroxylation is 1. The van der Waals surface area contributed by atoms with Crippen molar-refractivity contribution in [3.05, 3.63) is 29.3 Å². The summed E-state index contributed by atoms with van der Waals surface area (Å²) in [6, 6.07) is 6.37. The van der Waals surface area contributed by atoms with E-state index >= 15 is 0 Å². The Bertz CT molecular complexity index is 616. The van der Waals surface area contributed by atoms with Gasteiger partial charge in [0.15, 0.2) is 0 Å². The van der Waals surface area contributed by atoms with Gasteiger partial charge in [0.25, 0.3) is 0 Å². The molecule has 0 atom stereocenters. The molecular weight excluding hydrogens is 288 g/mol. The molecule has 1 aromatic rings. The summed E-state index contributed by atoms with van der Waals surface area (Å²) >= 11 is 0. The number of sulfonamides is 1. The zero-order chi connectivity index (χ0) is 16.0. The zero-order valence-corrected chi connectivity index (χ0v) is 13.5. The van der Waals surface area contributed by atoms with Crippen LogP contribution in [0.3, 0.4) is 0 Å². The Kier molecular flexibility index (Phi) is 6.34. The minimum absolute atomic E-state index is 0.0771.